The first kappa shape index (κ1) is 21.4. The maximum Gasteiger partial charge on any atom is 0.601 e. The van der Waals surface area contributed by atoms with E-state index in [9.17, 15) is 22.0 Å². The van der Waals surface area contributed by atoms with Gasteiger partial charge in [-0.15, -0.1) is 0 Å². The Hall–Kier alpha value is -4.68. The molecule has 0 atom stereocenters. The lowest BCUT2D eigenvalue weighted by Crippen LogP contribution is -2.45. The molecule has 184 valence electrons. The molecule has 5 aromatic rings. The third-order valence-corrected chi connectivity index (χ3v) is 7.05. The Bertz CT molecular complexity index is 2180. The first-order valence-corrected chi connectivity index (χ1v) is 11.3. The average Bonchev–Trinajstić information content (AvgIpc) is 3.45. The number of aryl methyl sites for hydroxylation is 1. The zero-order chi connectivity index (χ0) is 26.2. The lowest BCUT2D eigenvalue weighted by molar-refractivity contribution is 0.508. The van der Waals surface area contributed by atoms with Crippen LogP contribution in [-0.4, -0.2) is 27.9 Å². The maximum absolute atomic E-state index is 16.5. The fraction of sp³-hybridized carbons (Fsp3) is 0.0400. The van der Waals surface area contributed by atoms with Crippen LogP contribution in [0.4, 0.5) is 37.9 Å². The van der Waals surface area contributed by atoms with Crippen molar-refractivity contribution in [3.8, 4) is 0 Å². The number of benzene rings is 3. The number of aliphatic imine (C=N–C) groups is 2. The molecule has 0 saturated heterocycles. The highest BCUT2D eigenvalue weighted by molar-refractivity contribution is 6.50. The number of hydrogen-bond acceptors (Lipinski definition) is 4. The van der Waals surface area contributed by atoms with Crippen LogP contribution in [-0.2, 0) is 0 Å². The smallest absolute Gasteiger partial charge is 0.303 e. The van der Waals surface area contributed by atoms with Gasteiger partial charge >= 0.3 is 7.26 Å². The first-order chi connectivity index (χ1) is 18.2. The standard InChI is InChI=1S/C25H9BF6N6/c1-8-2-11-12(5-15(8)27)22-34-20-9-3-16(28)17(29)4-10(9)21(33-20)35-23-13-6-18(30)19(31)7-14(13)25-36-24(11)37(22)26(32)38(23)25/h2-7H,1H3. The normalized spacial score (nSPS) is 14.9. The molecule has 0 aliphatic carbocycles. The van der Waals surface area contributed by atoms with Crippen molar-refractivity contribution in [2.24, 2.45) is 20.0 Å². The molecular formula is C25H9BF6N6. The quantitative estimate of drug-likeness (QED) is 0.211. The first-order valence-electron chi connectivity index (χ1n) is 11.3. The second kappa shape index (κ2) is 6.79. The highest BCUT2D eigenvalue weighted by atomic mass is 19.2. The predicted octanol–water partition coefficient (Wildman–Crippen LogP) is 4.69. The van der Waals surface area contributed by atoms with E-state index in [1.54, 1.807) is 0 Å². The van der Waals surface area contributed by atoms with Gasteiger partial charge in [0.05, 0.1) is 0 Å². The molecule has 0 unspecified atom stereocenters. The molecule has 0 radical (unpaired) electrons. The van der Waals surface area contributed by atoms with Crippen LogP contribution in [0.3, 0.4) is 0 Å². The van der Waals surface area contributed by atoms with Crippen molar-refractivity contribution >= 4 is 52.1 Å². The van der Waals surface area contributed by atoms with Gasteiger partial charge in [0.2, 0.25) is 0 Å². The van der Waals surface area contributed by atoms with Crippen LogP contribution in [0.25, 0.3) is 21.5 Å². The molecule has 8 rings (SSSR count). The van der Waals surface area contributed by atoms with Crippen LogP contribution in [0.15, 0.2) is 56.4 Å². The monoisotopic (exact) mass is 518 g/mol. The molecule has 0 spiro atoms. The van der Waals surface area contributed by atoms with E-state index in [1.807, 2.05) is 0 Å². The van der Waals surface area contributed by atoms with Crippen molar-refractivity contribution in [2.45, 2.75) is 6.92 Å². The summed E-state index contributed by atoms with van der Waals surface area (Å²) in [4.78, 5) is 17.8. The van der Waals surface area contributed by atoms with Crippen LogP contribution in [0.1, 0.15) is 16.7 Å². The molecule has 2 aromatic heterocycles. The van der Waals surface area contributed by atoms with Crippen molar-refractivity contribution in [3.63, 3.8) is 0 Å². The van der Waals surface area contributed by atoms with Gasteiger partial charge in [0.25, 0.3) is 0 Å². The molecule has 5 heterocycles. The van der Waals surface area contributed by atoms with E-state index >= 15 is 4.32 Å². The SMILES string of the molecule is Cc1cc2c3n4c(c2cc1F)N=C1N=C(N=c2c5cc(F)c(F)cc5c(n2B4F)=N3)c2cc(F)c(F)cc21. The summed E-state index contributed by atoms with van der Waals surface area (Å²) in [5.41, 5.74) is 0.175. The molecule has 6 nitrogen and oxygen atoms in total. The second-order valence-corrected chi connectivity index (χ2v) is 9.21. The summed E-state index contributed by atoms with van der Waals surface area (Å²) < 4.78 is 90.6. The van der Waals surface area contributed by atoms with Gasteiger partial charge in [-0.25, -0.2) is 41.9 Å². The van der Waals surface area contributed by atoms with Crippen molar-refractivity contribution in [2.75, 3.05) is 0 Å². The third kappa shape index (κ3) is 2.50. The molecule has 38 heavy (non-hydrogen) atoms. The van der Waals surface area contributed by atoms with Gasteiger partial charge in [-0.3, -0.25) is 4.32 Å². The molecule has 4 bridgehead atoms. The number of hydrogen-bond donors (Lipinski definition) is 0. The van der Waals surface area contributed by atoms with Crippen molar-refractivity contribution in [1.82, 2.24) is 8.96 Å². The Balaban J connectivity index is 1.66. The molecule has 13 heteroatoms. The van der Waals surface area contributed by atoms with Gasteiger partial charge in [0, 0.05) is 32.7 Å². The second-order valence-electron chi connectivity index (χ2n) is 9.21. The van der Waals surface area contributed by atoms with Gasteiger partial charge < -0.3 is 8.96 Å². The van der Waals surface area contributed by atoms with E-state index in [-0.39, 0.29) is 67.1 Å². The minimum atomic E-state index is -2.07. The lowest BCUT2D eigenvalue weighted by atomic mass is 10.0. The number of halogens is 6. The topological polar surface area (TPSA) is 59.3 Å². The van der Waals surface area contributed by atoms with Crippen molar-refractivity contribution in [1.29, 1.82) is 0 Å². The lowest BCUT2D eigenvalue weighted by Gasteiger charge is -2.16. The number of fused-ring (bicyclic) bond motifs is 10. The molecule has 0 amide bonds. The van der Waals surface area contributed by atoms with Crippen molar-refractivity contribution in [3.05, 3.63) is 93.2 Å². The molecule has 3 aliphatic heterocycles. The van der Waals surface area contributed by atoms with Crippen molar-refractivity contribution < 1.29 is 26.3 Å². The number of aromatic nitrogens is 2. The van der Waals surface area contributed by atoms with E-state index in [0.29, 0.717) is 5.39 Å². The fourth-order valence-corrected chi connectivity index (χ4v) is 5.27. The molecule has 0 saturated carbocycles. The third-order valence-electron chi connectivity index (χ3n) is 7.05. The van der Waals surface area contributed by atoms with E-state index in [4.69, 9.17) is 0 Å². The van der Waals surface area contributed by atoms with Crippen LogP contribution in [0, 0.1) is 36.0 Å². The predicted molar refractivity (Wildman–Crippen MR) is 127 cm³/mol. The highest BCUT2D eigenvalue weighted by Crippen LogP contribution is 2.42. The Kier molecular flexibility index (Phi) is 3.83. The summed E-state index contributed by atoms with van der Waals surface area (Å²) in [7, 11) is -2.07. The van der Waals surface area contributed by atoms with Gasteiger partial charge in [0.15, 0.2) is 34.9 Å². The van der Waals surface area contributed by atoms with Crippen LogP contribution >= 0.6 is 0 Å². The van der Waals surface area contributed by atoms with Gasteiger partial charge in [-0.2, -0.15) is 0 Å². The van der Waals surface area contributed by atoms with Crippen LogP contribution in [0.2, 0.25) is 0 Å². The van der Waals surface area contributed by atoms with Gasteiger partial charge in [-0.1, -0.05) is 0 Å². The van der Waals surface area contributed by atoms with Crippen LogP contribution < -0.4 is 11.0 Å². The zero-order valence-corrected chi connectivity index (χ0v) is 19.0. The van der Waals surface area contributed by atoms with E-state index in [0.717, 1.165) is 33.2 Å². The summed E-state index contributed by atoms with van der Waals surface area (Å²) in [5.74, 6) is -5.55. The summed E-state index contributed by atoms with van der Waals surface area (Å²) in [5, 5.41) is 0.637. The number of rotatable bonds is 0. The Morgan fingerprint density at radius 1 is 0.553 bits per heavy atom. The molecule has 0 fully saturated rings. The van der Waals surface area contributed by atoms with E-state index in [2.05, 4.69) is 20.0 Å². The fourth-order valence-electron chi connectivity index (χ4n) is 5.27. The zero-order valence-electron chi connectivity index (χ0n) is 19.0. The maximum atomic E-state index is 16.5. The Labute approximate surface area is 207 Å². The molecular weight excluding hydrogens is 509 g/mol. The number of nitrogens with zero attached hydrogens (tertiary/aromatic N) is 6. The van der Waals surface area contributed by atoms with Gasteiger partial charge in [0.1, 0.15) is 28.4 Å². The Morgan fingerprint density at radius 2 is 1.05 bits per heavy atom. The van der Waals surface area contributed by atoms with E-state index in [1.165, 1.54) is 19.1 Å². The number of amidine groups is 2. The summed E-state index contributed by atoms with van der Waals surface area (Å²) in [6, 6.07) is 6.19. The minimum Gasteiger partial charge on any atom is -0.303 e. The van der Waals surface area contributed by atoms with Crippen LogP contribution in [0.5, 0.6) is 0 Å². The molecule has 3 aliphatic rings. The highest BCUT2D eigenvalue weighted by Gasteiger charge is 2.38. The van der Waals surface area contributed by atoms with Gasteiger partial charge in [-0.05, 0) is 48.9 Å². The summed E-state index contributed by atoms with van der Waals surface area (Å²) in [6.45, 7) is 1.53. The largest absolute Gasteiger partial charge is 0.601 e. The molecule has 0 N–H and O–H groups in total. The minimum absolute atomic E-state index is 0.0296. The summed E-state index contributed by atoms with van der Waals surface area (Å²) >= 11 is 0. The van der Waals surface area contributed by atoms with E-state index < -0.39 is 36.3 Å². The Morgan fingerprint density at radius 3 is 1.71 bits per heavy atom. The average molecular weight is 518 g/mol. The molecule has 3 aromatic carbocycles. The summed E-state index contributed by atoms with van der Waals surface area (Å²) in [6.07, 6.45) is 0.